The summed E-state index contributed by atoms with van der Waals surface area (Å²) in [6.07, 6.45) is 21.6. The molecule has 0 aliphatic carbocycles. The third-order valence-electron chi connectivity index (χ3n) is 2.02. The molecule has 0 aromatic rings. The summed E-state index contributed by atoms with van der Waals surface area (Å²) in [6.45, 7) is 0. The van der Waals surface area contributed by atoms with Crippen molar-refractivity contribution in [3.8, 4) is 0 Å². The Hall–Kier alpha value is -2.26. The molecule has 0 aromatic heterocycles. The Labute approximate surface area is 165 Å². The molecule has 0 atom stereocenters. The van der Waals surface area contributed by atoms with Crippen molar-refractivity contribution in [2.24, 2.45) is 20.0 Å². The molecule has 0 unspecified atom stereocenters. The van der Waals surface area contributed by atoms with Crippen molar-refractivity contribution < 1.29 is 54.3 Å². The first-order chi connectivity index (χ1) is 13.7. The van der Waals surface area contributed by atoms with Gasteiger partial charge >= 0.3 is 0 Å². The van der Waals surface area contributed by atoms with E-state index in [-0.39, 0.29) is 0 Å². The molecule has 17 heteroatoms. The summed E-state index contributed by atoms with van der Waals surface area (Å²) in [6, 6.07) is 0. The molecular weight excluding hydrogens is 430 g/mol. The quantitative estimate of drug-likeness (QED) is 0.295. The lowest BCUT2D eigenvalue weighted by Gasteiger charge is -2.39. The van der Waals surface area contributed by atoms with Gasteiger partial charge in [0, 0.05) is 0 Å². The average molecular weight is 450 g/mol. The van der Waals surface area contributed by atoms with E-state index in [4.69, 9.17) is 0 Å². The minimum atomic E-state index is -5.68. The Morgan fingerprint density at radius 1 is 0.552 bits per heavy atom. The van der Waals surface area contributed by atoms with E-state index in [1.807, 2.05) is 46.1 Å². The maximum Gasteiger partial charge on any atom is 0.191 e. The molecule has 0 aromatic carbocycles. The van der Waals surface area contributed by atoms with Gasteiger partial charge in [0.05, 0.1) is 40.4 Å². The molecule has 0 amide bonds. The summed E-state index contributed by atoms with van der Waals surface area (Å²) in [5.41, 5.74) is 0. The van der Waals surface area contributed by atoms with E-state index >= 15 is 0 Å². The van der Waals surface area contributed by atoms with E-state index in [0.717, 1.165) is 0 Å². The Morgan fingerprint density at radius 2 is 0.793 bits per heavy atom. The van der Waals surface area contributed by atoms with Crippen LogP contribution in [0.15, 0.2) is 69.6 Å². The van der Waals surface area contributed by atoms with Gasteiger partial charge in [0.2, 0.25) is 0 Å². The summed E-state index contributed by atoms with van der Waals surface area (Å²) < 4.78 is 21.2. The second-order valence-electron chi connectivity index (χ2n) is 4.30. The second kappa shape index (κ2) is 16.7. The number of aliphatic imine (C=N–C) groups is 4. The van der Waals surface area contributed by atoms with Gasteiger partial charge in [0.1, 0.15) is 24.8 Å². The summed E-state index contributed by atoms with van der Waals surface area (Å²) in [7, 11) is -11.4. The number of rotatable bonds is 2. The molecule has 160 valence electrons. The lowest BCUT2D eigenvalue weighted by molar-refractivity contribution is -0.447. The largest absolute Gasteiger partial charge is 0.790 e. The maximum absolute atomic E-state index is 9.32. The predicted octanol–water partition coefficient (Wildman–Crippen LogP) is -7.09. The van der Waals surface area contributed by atoms with Crippen molar-refractivity contribution in [1.82, 2.24) is 0 Å². The molecule has 15 nitrogen and oxygen atoms in total. The zero-order valence-electron chi connectivity index (χ0n) is 14.8. The highest BCUT2D eigenvalue weighted by atomic mass is 31.3. The lowest BCUT2D eigenvalue weighted by Crippen LogP contribution is -2.74. The first kappa shape index (κ1) is 26.7. The molecule has 4 aliphatic heterocycles. The SMILES string of the molecule is C1=C[NH2+]C=N1.C1=C[NH2+]C=N1.C1=C[NH2+]C=N1.C1=C[NH2+]C=N1.O=P([O-])([O-])OP(=O)([O-])[O-]. The number of hydrogen-bond acceptors (Lipinski definition) is 11. The van der Waals surface area contributed by atoms with E-state index in [2.05, 4.69) is 24.3 Å². The standard InChI is InChI=1S/4C3H4N2.H4O7P2/c4*1-2-5-3-4-1;1-8(2,3)7-9(4,5)6/h4*1-3H,(H,4,5);(H2,1,2,3)(H2,4,5,6). The Bertz CT molecular complexity index is 631. The van der Waals surface area contributed by atoms with Gasteiger partial charge in [-0.05, 0) is 0 Å². The van der Waals surface area contributed by atoms with Crippen LogP contribution < -0.4 is 40.8 Å². The van der Waals surface area contributed by atoms with E-state index < -0.39 is 15.6 Å². The summed E-state index contributed by atoms with van der Waals surface area (Å²) in [5, 5.41) is 7.56. The van der Waals surface area contributed by atoms with Crippen LogP contribution in [0.1, 0.15) is 0 Å². The first-order valence-corrected chi connectivity index (χ1v) is 10.4. The molecule has 0 saturated carbocycles. The van der Waals surface area contributed by atoms with Crippen LogP contribution in [0.4, 0.5) is 0 Å². The van der Waals surface area contributed by atoms with Gasteiger partial charge in [0.15, 0.2) is 25.4 Å². The monoisotopic (exact) mass is 450 g/mol. The van der Waals surface area contributed by atoms with Gasteiger partial charge in [-0.25, -0.2) is 20.0 Å². The molecule has 4 heterocycles. The van der Waals surface area contributed by atoms with Gasteiger partial charge in [-0.15, -0.1) is 0 Å². The van der Waals surface area contributed by atoms with Gasteiger partial charge in [-0.1, -0.05) is 0 Å². The van der Waals surface area contributed by atoms with Crippen LogP contribution in [0.3, 0.4) is 0 Å². The predicted molar refractivity (Wildman–Crippen MR) is 94.5 cm³/mol. The van der Waals surface area contributed by atoms with Crippen LogP contribution in [0.5, 0.6) is 0 Å². The molecule has 0 radical (unpaired) electrons. The average Bonchev–Trinajstić information content (AvgIpc) is 3.51. The molecule has 8 N–H and O–H groups in total. The number of quaternary nitrogens is 4. The van der Waals surface area contributed by atoms with Crippen molar-refractivity contribution in [2.45, 2.75) is 0 Å². The second-order valence-corrected chi connectivity index (χ2v) is 6.75. The molecule has 0 saturated heterocycles. The molecule has 0 fully saturated rings. The van der Waals surface area contributed by atoms with Gasteiger partial charge < -0.3 is 33.0 Å². The highest BCUT2D eigenvalue weighted by molar-refractivity contribution is 7.57. The smallest absolute Gasteiger partial charge is 0.191 e. The maximum atomic E-state index is 9.32. The van der Waals surface area contributed by atoms with Crippen molar-refractivity contribution in [3.63, 3.8) is 0 Å². The summed E-state index contributed by atoms with van der Waals surface area (Å²) in [5.74, 6) is 0. The van der Waals surface area contributed by atoms with Crippen molar-refractivity contribution >= 4 is 41.0 Å². The molecule has 0 spiro atoms. The number of nitrogens with two attached hydrogens (primary N) is 4. The highest BCUT2D eigenvalue weighted by Gasteiger charge is 1.92. The van der Waals surface area contributed by atoms with Crippen LogP contribution in [0.25, 0.3) is 0 Å². The molecule has 0 bridgehead atoms. The van der Waals surface area contributed by atoms with Crippen LogP contribution in [0, 0.1) is 0 Å². The van der Waals surface area contributed by atoms with Crippen molar-refractivity contribution in [2.75, 3.05) is 0 Å². The fourth-order valence-corrected chi connectivity index (χ4v) is 2.10. The lowest BCUT2D eigenvalue weighted by atomic mass is 11.0. The fraction of sp³-hybridized carbons (Fsp3) is 0. The molecule has 29 heavy (non-hydrogen) atoms. The topological polar surface area (TPSA) is 251 Å². The minimum Gasteiger partial charge on any atom is -0.790 e. The van der Waals surface area contributed by atoms with Gasteiger partial charge in [-0.2, -0.15) is 0 Å². The summed E-state index contributed by atoms with van der Waals surface area (Å²) in [4.78, 5) is 52.2. The van der Waals surface area contributed by atoms with Crippen LogP contribution in [0.2, 0.25) is 0 Å². The van der Waals surface area contributed by atoms with Gasteiger partial charge in [-0.3, -0.25) is 21.3 Å². The molecular formula is C12H20N8O7P2. The third kappa shape index (κ3) is 25.7. The Morgan fingerprint density at radius 3 is 0.828 bits per heavy atom. The number of phosphoric acid groups is 2. The minimum absolute atomic E-state index is 1.75. The highest BCUT2D eigenvalue weighted by Crippen LogP contribution is 2.42. The number of nitrogens with zero attached hydrogens (tertiary/aromatic N) is 4. The summed E-state index contributed by atoms with van der Waals surface area (Å²) >= 11 is 0. The Balaban J connectivity index is 0.000000345. The van der Waals surface area contributed by atoms with E-state index in [0.29, 0.717) is 0 Å². The van der Waals surface area contributed by atoms with Crippen molar-refractivity contribution in [1.29, 1.82) is 0 Å². The van der Waals surface area contributed by atoms with Crippen LogP contribution in [-0.4, -0.2) is 25.4 Å². The van der Waals surface area contributed by atoms with E-state index in [1.54, 1.807) is 50.2 Å². The normalized spacial score (nSPS) is 16.4. The van der Waals surface area contributed by atoms with E-state index in [1.165, 1.54) is 0 Å². The third-order valence-corrected chi connectivity index (χ3v) is 3.62. The fourth-order valence-electron chi connectivity index (χ4n) is 1.12. The van der Waals surface area contributed by atoms with Crippen molar-refractivity contribution in [3.05, 3.63) is 49.6 Å². The molecule has 4 rings (SSSR count). The first-order valence-electron chi connectivity index (χ1n) is 7.53. The van der Waals surface area contributed by atoms with Gasteiger partial charge in [0.25, 0.3) is 0 Å². The zero-order valence-corrected chi connectivity index (χ0v) is 16.6. The van der Waals surface area contributed by atoms with Crippen LogP contribution in [-0.2, 0) is 13.4 Å². The zero-order chi connectivity index (χ0) is 21.8. The number of hydrogen-bond donors (Lipinski definition) is 4. The molecule has 4 aliphatic rings. The van der Waals surface area contributed by atoms with Crippen LogP contribution >= 0.6 is 15.6 Å². The Kier molecular flexibility index (Phi) is 15.4. The van der Waals surface area contributed by atoms with E-state index in [9.17, 15) is 28.7 Å².